The van der Waals surface area contributed by atoms with E-state index in [1.165, 1.54) is 10.8 Å². The van der Waals surface area contributed by atoms with E-state index < -0.39 is 0 Å². The van der Waals surface area contributed by atoms with Crippen LogP contribution in [0.5, 0.6) is 0 Å². The number of aromatic nitrogens is 4. The van der Waals surface area contributed by atoms with Crippen molar-refractivity contribution in [1.82, 2.24) is 19.5 Å². The molecule has 0 aliphatic rings. The van der Waals surface area contributed by atoms with E-state index in [0.29, 0.717) is 17.5 Å². The Morgan fingerprint density at radius 3 is 1.53 bits per heavy atom. The molecule has 12 rings (SSSR count). The second-order valence-electron chi connectivity index (χ2n) is 15.5. The Morgan fingerprint density at radius 2 is 0.839 bits per heavy atom. The molecule has 0 bridgehead atoms. The molecule has 0 unspecified atom stereocenters. The van der Waals surface area contributed by atoms with Crippen LogP contribution in [0.1, 0.15) is 0 Å². The minimum Gasteiger partial charge on any atom is -0.456 e. The fraction of sp³-hybridized carbons (Fsp3) is 0. The molecule has 0 saturated heterocycles. The quantitative estimate of drug-likeness (QED) is 0.161. The molecule has 0 fully saturated rings. The lowest BCUT2D eigenvalue weighted by Gasteiger charge is -2.16. The summed E-state index contributed by atoms with van der Waals surface area (Å²) >= 11 is 0. The standard InChI is InChI=1S/C57H36N4O/c1-5-17-37(18-6-1)43-25-13-14-26-44(43)40-29-31-45(48(35-40)57-59-55(38-19-7-2-8-20-38)58-56(60-57)39-21-9-3-10-22-39)41-30-32-47-52(36-41)62-51-34-33-50-53(54(47)51)46-27-15-16-28-49(46)61(50)42-23-11-4-12-24-42/h1-36H. The molecule has 62 heavy (non-hydrogen) atoms. The Bertz CT molecular complexity index is 3560. The van der Waals surface area contributed by atoms with Gasteiger partial charge in [-0.25, -0.2) is 15.0 Å². The summed E-state index contributed by atoms with van der Waals surface area (Å²) in [6.45, 7) is 0. The minimum atomic E-state index is 0.590. The maximum absolute atomic E-state index is 6.79. The first kappa shape index (κ1) is 35.5. The van der Waals surface area contributed by atoms with Crippen LogP contribution in [0.25, 0.3) is 117 Å². The normalized spacial score (nSPS) is 11.5. The number of rotatable bonds is 7. The van der Waals surface area contributed by atoms with Crippen LogP contribution in [0.15, 0.2) is 223 Å². The van der Waals surface area contributed by atoms with Gasteiger partial charge < -0.3 is 8.98 Å². The summed E-state index contributed by atoms with van der Waals surface area (Å²) in [7, 11) is 0. The highest BCUT2D eigenvalue weighted by Crippen LogP contribution is 2.44. The zero-order chi connectivity index (χ0) is 41.0. The van der Waals surface area contributed by atoms with E-state index in [0.717, 1.165) is 88.7 Å². The van der Waals surface area contributed by atoms with Crippen LogP contribution in [0, 0.1) is 0 Å². The molecule has 0 aliphatic carbocycles. The van der Waals surface area contributed by atoms with Gasteiger partial charge in [0, 0.05) is 43.9 Å². The number of hydrogen-bond acceptors (Lipinski definition) is 4. The molecule has 0 radical (unpaired) electrons. The Balaban J connectivity index is 1.09. The molecule has 3 aromatic heterocycles. The molecular formula is C57H36N4O. The molecule has 0 saturated carbocycles. The zero-order valence-corrected chi connectivity index (χ0v) is 33.5. The van der Waals surface area contributed by atoms with Gasteiger partial charge >= 0.3 is 0 Å². The SMILES string of the molecule is c1ccc(-c2nc(-c3ccccc3)nc(-c3cc(-c4ccccc4-c4ccccc4)ccc3-c3ccc4c(c3)oc3ccc5c(c6ccccc6n5-c5ccccc5)c34)n2)cc1. The van der Waals surface area contributed by atoms with E-state index >= 15 is 0 Å². The average molecular weight is 793 g/mol. The molecule has 0 amide bonds. The van der Waals surface area contributed by atoms with Crippen LogP contribution in [-0.4, -0.2) is 19.5 Å². The molecule has 5 nitrogen and oxygen atoms in total. The fourth-order valence-electron chi connectivity index (χ4n) is 9.03. The van der Waals surface area contributed by atoms with Crippen molar-refractivity contribution >= 4 is 43.7 Å². The van der Waals surface area contributed by atoms with Crippen LogP contribution in [0.2, 0.25) is 0 Å². The summed E-state index contributed by atoms with van der Waals surface area (Å²) < 4.78 is 9.14. The number of benzene rings is 9. The predicted molar refractivity (Wildman–Crippen MR) is 254 cm³/mol. The molecule has 9 aromatic carbocycles. The van der Waals surface area contributed by atoms with E-state index in [1.54, 1.807) is 0 Å². The third kappa shape index (κ3) is 5.98. The van der Waals surface area contributed by atoms with Crippen molar-refractivity contribution in [3.05, 3.63) is 218 Å². The molecular weight excluding hydrogens is 757 g/mol. The van der Waals surface area contributed by atoms with Gasteiger partial charge in [0.25, 0.3) is 0 Å². The number of fused-ring (bicyclic) bond motifs is 7. The monoisotopic (exact) mass is 792 g/mol. The van der Waals surface area contributed by atoms with E-state index in [4.69, 9.17) is 19.4 Å². The number of para-hydroxylation sites is 2. The van der Waals surface area contributed by atoms with Gasteiger partial charge in [-0.05, 0) is 81.9 Å². The topological polar surface area (TPSA) is 56.7 Å². The van der Waals surface area contributed by atoms with Gasteiger partial charge in [0.15, 0.2) is 17.5 Å². The van der Waals surface area contributed by atoms with E-state index in [1.807, 2.05) is 60.7 Å². The molecule has 0 spiro atoms. The first-order chi connectivity index (χ1) is 30.7. The van der Waals surface area contributed by atoms with Crippen LogP contribution in [0.4, 0.5) is 0 Å². The van der Waals surface area contributed by atoms with Crippen LogP contribution < -0.4 is 0 Å². The Labute approximate surface area is 357 Å². The van der Waals surface area contributed by atoms with Crippen molar-refractivity contribution in [2.75, 3.05) is 0 Å². The Morgan fingerprint density at radius 1 is 0.306 bits per heavy atom. The summed E-state index contributed by atoms with van der Waals surface area (Å²) in [5.74, 6) is 1.82. The lowest BCUT2D eigenvalue weighted by atomic mass is 9.90. The summed E-state index contributed by atoms with van der Waals surface area (Å²) in [5, 5.41) is 4.55. The molecule has 0 N–H and O–H groups in total. The maximum Gasteiger partial charge on any atom is 0.164 e. The largest absolute Gasteiger partial charge is 0.456 e. The number of nitrogens with zero attached hydrogens (tertiary/aromatic N) is 4. The highest BCUT2D eigenvalue weighted by Gasteiger charge is 2.22. The van der Waals surface area contributed by atoms with Gasteiger partial charge in [-0.1, -0.05) is 170 Å². The fourth-order valence-corrected chi connectivity index (χ4v) is 9.03. The van der Waals surface area contributed by atoms with E-state index in [9.17, 15) is 0 Å². The molecule has 3 heterocycles. The molecule has 0 aliphatic heterocycles. The van der Waals surface area contributed by atoms with Crippen molar-refractivity contribution in [3.63, 3.8) is 0 Å². The van der Waals surface area contributed by atoms with Crippen LogP contribution in [-0.2, 0) is 0 Å². The summed E-state index contributed by atoms with van der Waals surface area (Å²) in [5.41, 5.74) is 14.3. The number of furan rings is 1. The van der Waals surface area contributed by atoms with Crippen LogP contribution >= 0.6 is 0 Å². The second kappa shape index (κ2) is 14.7. The van der Waals surface area contributed by atoms with Crippen molar-refractivity contribution in [3.8, 4) is 73.2 Å². The first-order valence-corrected chi connectivity index (χ1v) is 20.9. The lowest BCUT2D eigenvalue weighted by Crippen LogP contribution is -2.01. The summed E-state index contributed by atoms with van der Waals surface area (Å²) in [4.78, 5) is 15.5. The van der Waals surface area contributed by atoms with Crippen LogP contribution in [0.3, 0.4) is 0 Å². The van der Waals surface area contributed by atoms with E-state index in [2.05, 4.69) is 162 Å². The van der Waals surface area contributed by atoms with Gasteiger partial charge in [0.1, 0.15) is 11.2 Å². The maximum atomic E-state index is 6.79. The minimum absolute atomic E-state index is 0.590. The molecule has 5 heteroatoms. The van der Waals surface area contributed by atoms with Crippen molar-refractivity contribution in [2.45, 2.75) is 0 Å². The van der Waals surface area contributed by atoms with E-state index in [-0.39, 0.29) is 0 Å². The Hall–Kier alpha value is -8.41. The third-order valence-electron chi connectivity index (χ3n) is 11.9. The predicted octanol–water partition coefficient (Wildman–Crippen LogP) is 14.9. The average Bonchev–Trinajstić information content (AvgIpc) is 3.90. The summed E-state index contributed by atoms with van der Waals surface area (Å²) in [6.07, 6.45) is 0. The highest BCUT2D eigenvalue weighted by atomic mass is 16.3. The smallest absolute Gasteiger partial charge is 0.164 e. The molecule has 0 atom stereocenters. The summed E-state index contributed by atoms with van der Waals surface area (Å²) in [6, 6.07) is 76.2. The van der Waals surface area contributed by atoms with Gasteiger partial charge in [0.05, 0.1) is 11.0 Å². The van der Waals surface area contributed by atoms with Gasteiger partial charge in [-0.2, -0.15) is 0 Å². The molecule has 12 aromatic rings. The van der Waals surface area contributed by atoms with Gasteiger partial charge in [0.2, 0.25) is 0 Å². The van der Waals surface area contributed by atoms with Crippen molar-refractivity contribution in [2.24, 2.45) is 0 Å². The number of hydrogen-bond donors (Lipinski definition) is 0. The van der Waals surface area contributed by atoms with Gasteiger partial charge in [-0.15, -0.1) is 0 Å². The first-order valence-electron chi connectivity index (χ1n) is 20.9. The van der Waals surface area contributed by atoms with Gasteiger partial charge in [-0.3, -0.25) is 0 Å². The molecule has 290 valence electrons. The highest BCUT2D eigenvalue weighted by molar-refractivity contribution is 6.27. The Kier molecular flexibility index (Phi) is 8.42. The van der Waals surface area contributed by atoms with Crippen molar-refractivity contribution in [1.29, 1.82) is 0 Å². The second-order valence-corrected chi connectivity index (χ2v) is 15.5. The zero-order valence-electron chi connectivity index (χ0n) is 33.5. The third-order valence-corrected chi connectivity index (χ3v) is 11.9. The lowest BCUT2D eigenvalue weighted by molar-refractivity contribution is 0.669. The van der Waals surface area contributed by atoms with Crippen molar-refractivity contribution < 1.29 is 4.42 Å².